The van der Waals surface area contributed by atoms with Gasteiger partial charge in [0.25, 0.3) is 0 Å². The minimum Gasteiger partial charge on any atom is -0.389 e. The summed E-state index contributed by atoms with van der Waals surface area (Å²) in [6.45, 7) is 24.1. The van der Waals surface area contributed by atoms with Crippen LogP contribution in [0.3, 0.4) is 0 Å². The van der Waals surface area contributed by atoms with Crippen LogP contribution >= 0.6 is 0 Å². The lowest BCUT2D eigenvalue weighted by atomic mass is 9.78. The van der Waals surface area contributed by atoms with E-state index >= 15 is 0 Å². The Labute approximate surface area is 303 Å². The Hall–Kier alpha value is -2.06. The van der Waals surface area contributed by atoms with E-state index in [-0.39, 0.29) is 6.10 Å². The number of hydrogen-bond acceptors (Lipinski definition) is 3. The van der Waals surface area contributed by atoms with Crippen LogP contribution in [-0.2, 0) is 21.6 Å². The van der Waals surface area contributed by atoms with E-state index in [1.165, 1.54) is 60.0 Å². The summed E-state index contributed by atoms with van der Waals surface area (Å²) in [6.07, 6.45) is 9.31. The van der Waals surface area contributed by atoms with Crippen LogP contribution in [0, 0.1) is 23.7 Å². The predicted octanol–water partition coefficient (Wildman–Crippen LogP) is 11.3. The van der Waals surface area contributed by atoms with E-state index in [0.29, 0.717) is 23.5 Å². The molecule has 4 aliphatic carbocycles. The molecule has 0 aromatic heterocycles. The average molecular weight is 703 g/mol. The number of carbonyl (C=O) groups excluding carboxylic acids is 1. The first-order valence-electron chi connectivity index (χ1n) is 19.7. The van der Waals surface area contributed by atoms with Gasteiger partial charge in [0.1, 0.15) is 0 Å². The lowest BCUT2D eigenvalue weighted by Crippen LogP contribution is -2.37. The zero-order valence-electron chi connectivity index (χ0n) is 32.9. The molecule has 0 aliphatic heterocycles. The van der Waals surface area contributed by atoms with Gasteiger partial charge in [0.2, 0.25) is 0 Å². The fourth-order valence-electron chi connectivity index (χ4n) is 9.38. The second-order valence-electron chi connectivity index (χ2n) is 16.0. The van der Waals surface area contributed by atoms with Crippen molar-refractivity contribution >= 4 is 21.9 Å². The van der Waals surface area contributed by atoms with Gasteiger partial charge < -0.3 is 9.84 Å². The van der Waals surface area contributed by atoms with E-state index in [0.717, 1.165) is 44.1 Å². The largest absolute Gasteiger partial charge is 0.389 e. The number of hydrogen-bond donors (Lipinski definition) is 1. The molecular formula is C44H70O3Si2. The summed E-state index contributed by atoms with van der Waals surface area (Å²) < 4.78 is 4.83. The van der Waals surface area contributed by atoms with Crippen LogP contribution in [0.1, 0.15) is 104 Å². The SMILES string of the molecule is CC.CCOCC.C[C@@H]1CCCC2=C([Si](C)(C)Cc3ccccc3)C(=O)C[C@H]21.C[C@@H]1CCCC2=C([Si](C)(C)Cc3ccccc3)[C@@H](O)C[C@H]21. The van der Waals surface area contributed by atoms with Crippen molar-refractivity contribution in [1.82, 2.24) is 0 Å². The summed E-state index contributed by atoms with van der Waals surface area (Å²) in [5.41, 5.74) is 6.05. The Bertz CT molecular complexity index is 1360. The number of fused-ring (bicyclic) bond motifs is 2. The number of carbonyl (C=O) groups is 1. The topological polar surface area (TPSA) is 46.5 Å². The molecule has 0 amide bonds. The highest BCUT2D eigenvalue weighted by atomic mass is 28.3. The highest BCUT2D eigenvalue weighted by Crippen LogP contribution is 2.48. The fraction of sp³-hybridized carbons (Fsp3) is 0.614. The Morgan fingerprint density at radius 2 is 1.18 bits per heavy atom. The number of allylic oxidation sites excluding steroid dienone is 3. The molecule has 4 aliphatic rings. The van der Waals surface area contributed by atoms with Gasteiger partial charge in [0, 0.05) is 19.6 Å². The van der Waals surface area contributed by atoms with Crippen LogP contribution < -0.4 is 0 Å². The Kier molecular flexibility index (Phi) is 16.5. The van der Waals surface area contributed by atoms with Crippen LogP contribution in [0.5, 0.6) is 0 Å². The van der Waals surface area contributed by atoms with E-state index in [9.17, 15) is 9.90 Å². The van der Waals surface area contributed by atoms with Crippen LogP contribution in [-0.4, -0.2) is 46.4 Å². The number of Topliss-reactive ketones (excluding diaryl/α,β-unsaturated/α-hetero) is 1. The van der Waals surface area contributed by atoms with Gasteiger partial charge >= 0.3 is 0 Å². The first-order valence-corrected chi connectivity index (χ1v) is 26.1. The molecule has 0 spiro atoms. The minimum atomic E-state index is -1.68. The normalized spacial score (nSPS) is 24.9. The van der Waals surface area contributed by atoms with E-state index < -0.39 is 16.1 Å². The summed E-state index contributed by atoms with van der Waals surface area (Å²) in [5.74, 6) is 3.20. The molecule has 0 bridgehead atoms. The lowest BCUT2D eigenvalue weighted by molar-refractivity contribution is -0.115. The molecule has 5 atom stereocenters. The first-order chi connectivity index (χ1) is 23.4. The Balaban J connectivity index is 0.000000224. The molecule has 1 N–H and O–H groups in total. The second-order valence-corrected chi connectivity index (χ2v) is 25.3. The van der Waals surface area contributed by atoms with Crippen molar-refractivity contribution in [2.75, 3.05) is 13.2 Å². The summed E-state index contributed by atoms with van der Waals surface area (Å²) >= 11 is 0. The first kappa shape index (κ1) is 41.4. The lowest BCUT2D eigenvalue weighted by Gasteiger charge is -2.31. The number of aliphatic hydroxyl groups is 1. The smallest absolute Gasteiger partial charge is 0.155 e. The quantitative estimate of drug-likeness (QED) is 0.279. The fourth-order valence-corrected chi connectivity index (χ4v) is 16.5. The molecule has 0 heterocycles. The number of rotatable bonds is 8. The average Bonchev–Trinajstić information content (AvgIpc) is 3.62. The maximum atomic E-state index is 12.7. The Morgan fingerprint density at radius 1 is 0.714 bits per heavy atom. The minimum absolute atomic E-state index is 0.157. The maximum absolute atomic E-state index is 12.7. The zero-order valence-corrected chi connectivity index (χ0v) is 34.9. The molecule has 272 valence electrons. The van der Waals surface area contributed by atoms with E-state index in [1.807, 2.05) is 27.7 Å². The van der Waals surface area contributed by atoms with E-state index in [1.54, 1.807) is 11.1 Å². The van der Waals surface area contributed by atoms with Gasteiger partial charge in [0.15, 0.2) is 5.78 Å². The molecule has 0 unspecified atom stereocenters. The van der Waals surface area contributed by atoms with Gasteiger partial charge in [-0.05, 0) is 99.7 Å². The number of ketones is 1. The van der Waals surface area contributed by atoms with Gasteiger partial charge in [0.05, 0.1) is 22.3 Å². The van der Waals surface area contributed by atoms with Crippen LogP contribution in [0.25, 0.3) is 0 Å². The predicted molar refractivity (Wildman–Crippen MR) is 216 cm³/mol. The van der Waals surface area contributed by atoms with Gasteiger partial charge in [-0.2, -0.15) is 0 Å². The van der Waals surface area contributed by atoms with E-state index in [4.69, 9.17) is 4.74 Å². The molecule has 49 heavy (non-hydrogen) atoms. The monoisotopic (exact) mass is 702 g/mol. The van der Waals surface area contributed by atoms with Gasteiger partial charge in [-0.3, -0.25) is 4.79 Å². The van der Waals surface area contributed by atoms with E-state index in [2.05, 4.69) is 101 Å². The van der Waals surface area contributed by atoms with Gasteiger partial charge in [-0.25, -0.2) is 0 Å². The highest BCUT2D eigenvalue weighted by molar-refractivity contribution is 6.88. The molecule has 6 rings (SSSR count). The molecular weight excluding hydrogens is 633 g/mol. The number of benzene rings is 2. The highest BCUT2D eigenvalue weighted by Gasteiger charge is 2.44. The van der Waals surface area contributed by atoms with Gasteiger partial charge in [-0.1, -0.05) is 142 Å². The van der Waals surface area contributed by atoms with Crippen molar-refractivity contribution in [1.29, 1.82) is 0 Å². The van der Waals surface area contributed by atoms with Gasteiger partial charge in [-0.15, -0.1) is 0 Å². The maximum Gasteiger partial charge on any atom is 0.155 e. The van der Waals surface area contributed by atoms with Crippen LogP contribution in [0.2, 0.25) is 26.2 Å². The van der Waals surface area contributed by atoms with Crippen LogP contribution in [0.15, 0.2) is 82.2 Å². The third-order valence-electron chi connectivity index (χ3n) is 11.4. The number of ether oxygens (including phenoxy) is 1. The van der Waals surface area contributed by atoms with Crippen molar-refractivity contribution in [2.45, 2.75) is 137 Å². The summed E-state index contributed by atoms with van der Waals surface area (Å²) in [6, 6.07) is 23.8. The van der Waals surface area contributed by atoms with Crippen molar-refractivity contribution in [3.63, 3.8) is 0 Å². The zero-order chi connectivity index (χ0) is 36.2. The summed E-state index contributed by atoms with van der Waals surface area (Å²) in [7, 11) is -3.26. The third-order valence-corrected chi connectivity index (χ3v) is 18.1. The summed E-state index contributed by atoms with van der Waals surface area (Å²) in [4.78, 5) is 12.7. The van der Waals surface area contributed by atoms with Crippen molar-refractivity contribution < 1.29 is 14.6 Å². The van der Waals surface area contributed by atoms with Crippen molar-refractivity contribution in [3.8, 4) is 0 Å². The number of aliphatic hydroxyl groups excluding tert-OH is 1. The molecule has 2 fully saturated rings. The molecule has 2 saturated carbocycles. The van der Waals surface area contributed by atoms with Crippen LogP contribution in [0.4, 0.5) is 0 Å². The van der Waals surface area contributed by atoms with Crippen molar-refractivity contribution in [2.24, 2.45) is 23.7 Å². The molecule has 2 aromatic rings. The summed E-state index contributed by atoms with van der Waals surface area (Å²) in [5, 5.41) is 13.5. The second kappa shape index (κ2) is 19.5. The molecule has 0 saturated heterocycles. The molecule has 2 aromatic carbocycles. The third kappa shape index (κ3) is 11.0. The molecule has 0 radical (unpaired) electrons. The standard InChI is InChI=1S/C19H28OSi.C19H26OSi.C4H10O.C2H6/c2*1-14-8-7-11-16-17(14)12-18(20)19(16)21(2,3)13-15-9-5-4-6-10-15;1-3-5-4-2;1-2/h4-6,9-10,14,17-18,20H,7-8,11-13H2,1-3H3;4-6,9-10,14,17H,7-8,11-13H2,1-3H3;3-4H2,1-2H3;1-2H3/t14-,17+,18+;14-,17+;;/m11../s1. The Morgan fingerprint density at radius 3 is 1.67 bits per heavy atom. The molecule has 5 heteroatoms. The van der Waals surface area contributed by atoms with Crippen molar-refractivity contribution in [3.05, 3.63) is 93.3 Å². The molecule has 3 nitrogen and oxygen atoms in total.